The first-order valence-corrected chi connectivity index (χ1v) is 7.71. The highest BCUT2D eigenvalue weighted by molar-refractivity contribution is 7.98. The van der Waals surface area contributed by atoms with Gasteiger partial charge < -0.3 is 14.5 Å². The van der Waals surface area contributed by atoms with Gasteiger partial charge in [-0.25, -0.2) is 4.98 Å². The fourth-order valence-corrected chi connectivity index (χ4v) is 3.28. The predicted octanol–water partition coefficient (Wildman–Crippen LogP) is 2.89. The number of aryl methyl sites for hydroxylation is 1. The first kappa shape index (κ1) is 14.4. The number of rotatable bonds is 3. The Morgan fingerprint density at radius 3 is 3.10 bits per heavy atom. The Bertz CT molecular complexity index is 733. The largest absolute Gasteiger partial charge is 0.467 e. The van der Waals surface area contributed by atoms with Crippen molar-refractivity contribution in [3.8, 4) is 5.75 Å². The topological polar surface area (TPSA) is 64.2 Å². The van der Waals surface area contributed by atoms with Crippen LogP contribution in [0.4, 0.5) is 0 Å². The van der Waals surface area contributed by atoms with Crippen molar-refractivity contribution in [2.24, 2.45) is 0 Å². The molecule has 7 heteroatoms. The number of ether oxygens (including phenoxy) is 2. The molecular weight excluding hydrogens is 312 g/mol. The number of aromatic nitrogens is 2. The quantitative estimate of drug-likeness (QED) is 0.694. The molecule has 5 nitrogen and oxygen atoms in total. The van der Waals surface area contributed by atoms with Gasteiger partial charge in [0.15, 0.2) is 11.9 Å². The van der Waals surface area contributed by atoms with Crippen LogP contribution in [-0.4, -0.2) is 16.8 Å². The fraction of sp³-hybridized carbons (Fsp3) is 0.286. The first-order chi connectivity index (χ1) is 10.1. The minimum Gasteiger partial charge on any atom is -0.467 e. The third-order valence-corrected chi connectivity index (χ3v) is 4.10. The normalized spacial score (nSPS) is 13.6. The Morgan fingerprint density at radius 2 is 2.29 bits per heavy atom. The number of hydrogen-bond acceptors (Lipinski definition) is 5. The van der Waals surface area contributed by atoms with E-state index >= 15 is 0 Å². The summed E-state index contributed by atoms with van der Waals surface area (Å²) in [7, 11) is 0. The standard InChI is InChI=1S/C14H13ClN2O3S/c1-8-2-12(18)17-14(16-8)21-6-10-4-11(15)3-9-5-19-7-20-13(9)10/h2-4H,5-7H2,1H3,(H,16,17,18). The summed E-state index contributed by atoms with van der Waals surface area (Å²) in [6.07, 6.45) is 0. The molecule has 0 unspecified atom stereocenters. The van der Waals surface area contributed by atoms with E-state index in [1.54, 1.807) is 6.92 Å². The molecule has 1 aromatic carbocycles. The highest BCUT2D eigenvalue weighted by Gasteiger charge is 2.16. The molecule has 110 valence electrons. The highest BCUT2D eigenvalue weighted by Crippen LogP contribution is 2.34. The van der Waals surface area contributed by atoms with E-state index < -0.39 is 0 Å². The Hall–Kier alpha value is -1.50. The van der Waals surface area contributed by atoms with E-state index in [0.717, 1.165) is 16.9 Å². The number of halogens is 1. The van der Waals surface area contributed by atoms with E-state index in [1.807, 2.05) is 12.1 Å². The van der Waals surface area contributed by atoms with Gasteiger partial charge in [0.25, 0.3) is 5.56 Å². The van der Waals surface area contributed by atoms with Gasteiger partial charge in [0.05, 0.1) is 6.61 Å². The van der Waals surface area contributed by atoms with E-state index in [-0.39, 0.29) is 12.4 Å². The van der Waals surface area contributed by atoms with E-state index in [4.69, 9.17) is 21.1 Å². The summed E-state index contributed by atoms with van der Waals surface area (Å²) in [5.74, 6) is 1.42. The molecule has 0 fully saturated rings. The number of nitrogens with zero attached hydrogens (tertiary/aromatic N) is 1. The summed E-state index contributed by atoms with van der Waals surface area (Å²) in [4.78, 5) is 18.4. The maximum atomic E-state index is 11.4. The third kappa shape index (κ3) is 3.40. The molecule has 0 radical (unpaired) electrons. The summed E-state index contributed by atoms with van der Waals surface area (Å²) >= 11 is 7.56. The van der Waals surface area contributed by atoms with Crippen LogP contribution in [0.25, 0.3) is 0 Å². The van der Waals surface area contributed by atoms with Gasteiger partial charge in [-0.15, -0.1) is 0 Å². The molecule has 0 saturated carbocycles. The smallest absolute Gasteiger partial charge is 0.251 e. The number of H-pyrrole nitrogens is 1. The minimum atomic E-state index is -0.150. The van der Waals surface area contributed by atoms with Gasteiger partial charge in [-0.3, -0.25) is 4.79 Å². The molecule has 1 N–H and O–H groups in total. The van der Waals surface area contributed by atoms with Gasteiger partial charge in [0.2, 0.25) is 0 Å². The monoisotopic (exact) mass is 324 g/mol. The number of nitrogens with one attached hydrogen (secondary N) is 1. The lowest BCUT2D eigenvalue weighted by Crippen LogP contribution is -2.13. The van der Waals surface area contributed by atoms with Gasteiger partial charge in [-0.2, -0.15) is 0 Å². The lowest BCUT2D eigenvalue weighted by atomic mass is 10.1. The number of fused-ring (bicyclic) bond motifs is 1. The Labute approximate surface area is 130 Å². The molecule has 1 aliphatic rings. The van der Waals surface area contributed by atoms with Crippen molar-refractivity contribution in [1.29, 1.82) is 0 Å². The molecule has 1 aromatic heterocycles. The van der Waals surface area contributed by atoms with Crippen molar-refractivity contribution < 1.29 is 9.47 Å². The summed E-state index contributed by atoms with van der Waals surface area (Å²) in [5, 5.41) is 1.23. The maximum absolute atomic E-state index is 11.4. The Morgan fingerprint density at radius 1 is 1.43 bits per heavy atom. The van der Waals surface area contributed by atoms with Gasteiger partial charge in [-0.1, -0.05) is 23.4 Å². The molecular formula is C14H13ClN2O3S. The average molecular weight is 325 g/mol. The number of aromatic amines is 1. The molecule has 0 atom stereocenters. The van der Waals surface area contributed by atoms with Crippen LogP contribution >= 0.6 is 23.4 Å². The van der Waals surface area contributed by atoms with Gasteiger partial charge in [0, 0.05) is 33.7 Å². The van der Waals surface area contributed by atoms with Crippen LogP contribution in [0.1, 0.15) is 16.8 Å². The van der Waals surface area contributed by atoms with Crippen LogP contribution in [0.5, 0.6) is 5.75 Å². The number of hydrogen-bond donors (Lipinski definition) is 1. The second-order valence-corrected chi connectivity index (χ2v) is 6.04. The molecule has 2 heterocycles. The number of benzene rings is 1. The second-order valence-electron chi connectivity index (χ2n) is 4.64. The molecule has 0 spiro atoms. The maximum Gasteiger partial charge on any atom is 0.251 e. The lowest BCUT2D eigenvalue weighted by molar-refractivity contribution is -0.0168. The predicted molar refractivity (Wildman–Crippen MR) is 80.9 cm³/mol. The summed E-state index contributed by atoms with van der Waals surface area (Å²) in [6.45, 7) is 2.53. The SMILES string of the molecule is Cc1cc(=O)[nH]c(SCc2cc(Cl)cc3c2OCOC3)n1. The van der Waals surface area contributed by atoms with Crippen molar-refractivity contribution >= 4 is 23.4 Å². The van der Waals surface area contributed by atoms with Crippen LogP contribution in [-0.2, 0) is 17.1 Å². The van der Waals surface area contributed by atoms with Crippen molar-refractivity contribution in [2.45, 2.75) is 24.4 Å². The van der Waals surface area contributed by atoms with E-state index in [9.17, 15) is 4.79 Å². The van der Waals surface area contributed by atoms with Crippen molar-refractivity contribution in [2.75, 3.05) is 6.79 Å². The van der Waals surface area contributed by atoms with Crippen LogP contribution in [0.2, 0.25) is 5.02 Å². The zero-order valence-electron chi connectivity index (χ0n) is 11.3. The van der Waals surface area contributed by atoms with Gasteiger partial charge in [0.1, 0.15) is 5.75 Å². The molecule has 3 rings (SSSR count). The molecule has 21 heavy (non-hydrogen) atoms. The fourth-order valence-electron chi connectivity index (χ4n) is 2.13. The third-order valence-electron chi connectivity index (χ3n) is 2.96. The van der Waals surface area contributed by atoms with Gasteiger partial charge >= 0.3 is 0 Å². The molecule has 1 aliphatic heterocycles. The van der Waals surface area contributed by atoms with Crippen LogP contribution < -0.4 is 10.3 Å². The Kier molecular flexibility index (Phi) is 4.19. The van der Waals surface area contributed by atoms with E-state index in [2.05, 4.69) is 9.97 Å². The zero-order chi connectivity index (χ0) is 14.8. The van der Waals surface area contributed by atoms with Crippen LogP contribution in [0, 0.1) is 6.92 Å². The molecule has 0 amide bonds. The lowest BCUT2D eigenvalue weighted by Gasteiger charge is -2.20. The first-order valence-electron chi connectivity index (χ1n) is 6.34. The molecule has 0 aliphatic carbocycles. The highest BCUT2D eigenvalue weighted by atomic mass is 35.5. The summed E-state index contributed by atoms with van der Waals surface area (Å²) in [6, 6.07) is 5.18. The average Bonchev–Trinajstić information content (AvgIpc) is 2.43. The van der Waals surface area contributed by atoms with Crippen LogP contribution in [0.15, 0.2) is 28.2 Å². The molecule has 0 bridgehead atoms. The summed E-state index contributed by atoms with van der Waals surface area (Å²) in [5.41, 5.74) is 2.45. The van der Waals surface area contributed by atoms with Crippen molar-refractivity contribution in [1.82, 2.24) is 9.97 Å². The number of thioether (sulfide) groups is 1. The second kappa shape index (κ2) is 6.09. The summed E-state index contributed by atoms with van der Waals surface area (Å²) < 4.78 is 10.8. The molecule has 0 saturated heterocycles. The van der Waals surface area contributed by atoms with E-state index in [0.29, 0.717) is 28.2 Å². The minimum absolute atomic E-state index is 0.150. The van der Waals surface area contributed by atoms with E-state index in [1.165, 1.54) is 17.8 Å². The van der Waals surface area contributed by atoms with Crippen molar-refractivity contribution in [3.63, 3.8) is 0 Å². The van der Waals surface area contributed by atoms with Crippen molar-refractivity contribution in [3.05, 3.63) is 50.4 Å². The van der Waals surface area contributed by atoms with Crippen LogP contribution in [0.3, 0.4) is 0 Å². The Balaban J connectivity index is 1.84. The zero-order valence-corrected chi connectivity index (χ0v) is 12.9. The molecule has 2 aromatic rings. The van der Waals surface area contributed by atoms with Gasteiger partial charge in [-0.05, 0) is 19.1 Å².